The number of fused-ring (bicyclic) bond motifs is 1. The highest BCUT2D eigenvalue weighted by molar-refractivity contribution is 5.83. The molecule has 0 saturated carbocycles. The van der Waals surface area contributed by atoms with Crippen LogP contribution in [0.4, 0.5) is 4.39 Å². The van der Waals surface area contributed by atoms with Crippen LogP contribution in [0.3, 0.4) is 0 Å². The first-order valence-corrected chi connectivity index (χ1v) is 9.56. The standard InChI is InChI=1S/C23H23FO5/c1-3-9-27-22(25)8-7-17-12-19-15(2)10-23(26)29-21(19)13-20(17)28-14-16-5-4-6-18(24)11-16/h4-6,10-13H,3,7-9,14H2,1-2H3. The van der Waals surface area contributed by atoms with Crippen molar-refractivity contribution in [3.63, 3.8) is 0 Å². The van der Waals surface area contributed by atoms with Gasteiger partial charge in [-0.2, -0.15) is 0 Å². The lowest BCUT2D eigenvalue weighted by Gasteiger charge is -2.14. The molecule has 3 aromatic rings. The Bertz CT molecular complexity index is 1070. The van der Waals surface area contributed by atoms with E-state index >= 15 is 0 Å². The van der Waals surface area contributed by atoms with Crippen LogP contribution in [0.15, 0.2) is 51.7 Å². The van der Waals surface area contributed by atoms with E-state index in [9.17, 15) is 14.0 Å². The van der Waals surface area contributed by atoms with Crippen LogP contribution in [-0.4, -0.2) is 12.6 Å². The van der Waals surface area contributed by atoms with Gasteiger partial charge in [0.1, 0.15) is 23.8 Å². The summed E-state index contributed by atoms with van der Waals surface area (Å²) in [6.07, 6.45) is 1.38. The minimum atomic E-state index is -0.443. The van der Waals surface area contributed by atoms with Crippen molar-refractivity contribution in [3.8, 4) is 5.75 Å². The Labute approximate surface area is 168 Å². The number of carbonyl (C=O) groups is 1. The SMILES string of the molecule is CCCOC(=O)CCc1cc2c(C)cc(=O)oc2cc1OCc1cccc(F)c1. The Morgan fingerprint density at radius 2 is 2.00 bits per heavy atom. The van der Waals surface area contributed by atoms with Crippen molar-refractivity contribution in [2.75, 3.05) is 6.61 Å². The lowest BCUT2D eigenvalue weighted by Crippen LogP contribution is -2.08. The van der Waals surface area contributed by atoms with Gasteiger partial charge in [0.15, 0.2) is 0 Å². The molecule has 0 amide bonds. The Morgan fingerprint density at radius 3 is 2.76 bits per heavy atom. The summed E-state index contributed by atoms with van der Waals surface area (Å²) in [4.78, 5) is 23.6. The average Bonchev–Trinajstić information content (AvgIpc) is 2.69. The molecule has 0 bridgehead atoms. The molecule has 0 aliphatic rings. The molecule has 0 saturated heterocycles. The lowest BCUT2D eigenvalue weighted by molar-refractivity contribution is -0.143. The molecular weight excluding hydrogens is 375 g/mol. The van der Waals surface area contributed by atoms with Crippen LogP contribution in [0.2, 0.25) is 0 Å². The monoisotopic (exact) mass is 398 g/mol. The quantitative estimate of drug-likeness (QED) is 0.406. The van der Waals surface area contributed by atoms with Gasteiger partial charge in [-0.3, -0.25) is 4.79 Å². The summed E-state index contributed by atoms with van der Waals surface area (Å²) in [7, 11) is 0. The lowest BCUT2D eigenvalue weighted by atomic mass is 10.0. The molecule has 152 valence electrons. The second-order valence-electron chi connectivity index (χ2n) is 6.84. The highest BCUT2D eigenvalue weighted by Crippen LogP contribution is 2.29. The molecule has 1 heterocycles. The van der Waals surface area contributed by atoms with Crippen LogP contribution in [0.25, 0.3) is 11.0 Å². The van der Waals surface area contributed by atoms with Gasteiger partial charge in [0.05, 0.1) is 6.61 Å². The summed E-state index contributed by atoms with van der Waals surface area (Å²) in [5.41, 5.74) is 2.20. The smallest absolute Gasteiger partial charge is 0.336 e. The predicted molar refractivity (Wildman–Crippen MR) is 108 cm³/mol. The van der Waals surface area contributed by atoms with Gasteiger partial charge in [0.25, 0.3) is 0 Å². The van der Waals surface area contributed by atoms with E-state index in [4.69, 9.17) is 13.9 Å². The number of hydrogen-bond donors (Lipinski definition) is 0. The number of rotatable bonds is 8. The van der Waals surface area contributed by atoms with E-state index in [1.165, 1.54) is 18.2 Å². The third kappa shape index (κ3) is 5.44. The summed E-state index contributed by atoms with van der Waals surface area (Å²) < 4.78 is 29.8. The van der Waals surface area contributed by atoms with Crippen molar-refractivity contribution in [2.45, 2.75) is 39.7 Å². The molecule has 0 radical (unpaired) electrons. The summed E-state index contributed by atoms with van der Waals surface area (Å²) in [6, 6.07) is 11.1. The second kappa shape index (κ2) is 9.37. The maximum absolute atomic E-state index is 13.4. The fourth-order valence-corrected chi connectivity index (χ4v) is 3.03. The van der Waals surface area contributed by atoms with Crippen LogP contribution < -0.4 is 10.4 Å². The number of carbonyl (C=O) groups excluding carboxylic acids is 1. The Hall–Kier alpha value is -3.15. The summed E-state index contributed by atoms with van der Waals surface area (Å²) in [6.45, 7) is 4.30. The predicted octanol–water partition coefficient (Wildman–Crippen LogP) is 4.71. The van der Waals surface area contributed by atoms with Crippen molar-refractivity contribution >= 4 is 16.9 Å². The van der Waals surface area contributed by atoms with Gasteiger partial charge in [-0.05, 0) is 54.7 Å². The van der Waals surface area contributed by atoms with E-state index in [1.54, 1.807) is 18.2 Å². The van der Waals surface area contributed by atoms with E-state index in [0.717, 1.165) is 22.9 Å². The van der Waals surface area contributed by atoms with E-state index < -0.39 is 5.63 Å². The van der Waals surface area contributed by atoms with Crippen molar-refractivity contribution in [1.29, 1.82) is 0 Å². The molecular formula is C23H23FO5. The summed E-state index contributed by atoms with van der Waals surface area (Å²) in [5.74, 6) is -0.136. The van der Waals surface area contributed by atoms with Crippen molar-refractivity contribution in [2.24, 2.45) is 0 Å². The fourth-order valence-electron chi connectivity index (χ4n) is 3.03. The topological polar surface area (TPSA) is 65.7 Å². The Kier molecular flexibility index (Phi) is 6.65. The first kappa shape index (κ1) is 20.6. The van der Waals surface area contributed by atoms with Gasteiger partial charge in [0, 0.05) is 23.9 Å². The van der Waals surface area contributed by atoms with Crippen molar-refractivity contribution < 1.29 is 23.1 Å². The minimum absolute atomic E-state index is 0.145. The second-order valence-corrected chi connectivity index (χ2v) is 6.84. The molecule has 6 heteroatoms. The Balaban J connectivity index is 1.89. The normalized spacial score (nSPS) is 10.9. The average molecular weight is 398 g/mol. The van der Waals surface area contributed by atoms with E-state index in [1.807, 2.05) is 19.9 Å². The van der Waals surface area contributed by atoms with Gasteiger partial charge in [-0.1, -0.05) is 19.1 Å². The molecule has 0 aliphatic carbocycles. The van der Waals surface area contributed by atoms with Crippen LogP contribution in [0.1, 0.15) is 36.5 Å². The summed E-state index contributed by atoms with van der Waals surface area (Å²) in [5, 5.41) is 0.777. The van der Waals surface area contributed by atoms with Gasteiger partial charge in [-0.15, -0.1) is 0 Å². The van der Waals surface area contributed by atoms with Gasteiger partial charge >= 0.3 is 11.6 Å². The first-order valence-electron chi connectivity index (χ1n) is 9.56. The minimum Gasteiger partial charge on any atom is -0.488 e. The van der Waals surface area contributed by atoms with Gasteiger partial charge in [0.2, 0.25) is 0 Å². The van der Waals surface area contributed by atoms with Gasteiger partial charge < -0.3 is 13.9 Å². The third-order valence-corrected chi connectivity index (χ3v) is 4.48. The van der Waals surface area contributed by atoms with Crippen LogP contribution in [0.5, 0.6) is 5.75 Å². The molecule has 5 nitrogen and oxygen atoms in total. The van der Waals surface area contributed by atoms with Crippen molar-refractivity contribution in [1.82, 2.24) is 0 Å². The van der Waals surface area contributed by atoms with Crippen LogP contribution in [-0.2, 0) is 22.6 Å². The molecule has 0 N–H and O–H groups in total. The van der Waals surface area contributed by atoms with Gasteiger partial charge in [-0.25, -0.2) is 9.18 Å². The van der Waals surface area contributed by atoms with Crippen LogP contribution in [0, 0.1) is 12.7 Å². The number of ether oxygens (including phenoxy) is 2. The third-order valence-electron chi connectivity index (χ3n) is 4.48. The van der Waals surface area contributed by atoms with E-state index in [-0.39, 0.29) is 24.8 Å². The highest BCUT2D eigenvalue weighted by atomic mass is 19.1. The molecule has 1 aromatic heterocycles. The number of hydrogen-bond acceptors (Lipinski definition) is 5. The first-order chi connectivity index (χ1) is 14.0. The molecule has 0 atom stereocenters. The highest BCUT2D eigenvalue weighted by Gasteiger charge is 2.13. The van der Waals surface area contributed by atoms with E-state index in [2.05, 4.69) is 0 Å². The number of benzene rings is 2. The molecule has 0 fully saturated rings. The fraction of sp³-hybridized carbons (Fsp3) is 0.304. The molecule has 2 aromatic carbocycles. The maximum Gasteiger partial charge on any atom is 0.336 e. The molecule has 3 rings (SSSR count). The maximum atomic E-state index is 13.4. The zero-order valence-electron chi connectivity index (χ0n) is 16.5. The van der Waals surface area contributed by atoms with Crippen LogP contribution >= 0.6 is 0 Å². The summed E-state index contributed by atoms with van der Waals surface area (Å²) >= 11 is 0. The molecule has 0 unspecified atom stereocenters. The largest absolute Gasteiger partial charge is 0.488 e. The number of aryl methyl sites for hydroxylation is 2. The van der Waals surface area contributed by atoms with Crippen molar-refractivity contribution in [3.05, 3.63) is 75.4 Å². The number of esters is 1. The zero-order chi connectivity index (χ0) is 20.8. The molecule has 29 heavy (non-hydrogen) atoms. The molecule has 0 spiro atoms. The Morgan fingerprint density at radius 1 is 1.17 bits per heavy atom. The molecule has 0 aliphatic heterocycles. The van der Waals surface area contributed by atoms with E-state index in [0.29, 0.717) is 29.9 Å². The zero-order valence-corrected chi connectivity index (χ0v) is 16.5. The number of halogens is 1.